The maximum absolute atomic E-state index is 11.4. The molecule has 0 atom stereocenters. The van der Waals surface area contributed by atoms with Crippen LogP contribution in [-0.4, -0.2) is 38.9 Å². The minimum atomic E-state index is -0.471. The molecule has 6 nitrogen and oxygen atoms in total. The molecule has 0 unspecified atom stereocenters. The van der Waals surface area contributed by atoms with Crippen LogP contribution in [-0.2, 0) is 17.8 Å². The predicted octanol–water partition coefficient (Wildman–Crippen LogP) is 2.39. The molecule has 2 aromatic heterocycles. The first-order valence-corrected chi connectivity index (χ1v) is 8.37. The summed E-state index contributed by atoms with van der Waals surface area (Å²) < 4.78 is 7.39. The largest absolute Gasteiger partial charge is 0.494 e. The number of aryl methyl sites for hydroxylation is 1. The SMILES string of the molecule is O=C(CO)Cn1ncc2cc(OCCCCc3ccccn3)ccc21. The number of ketones is 1. The lowest BCUT2D eigenvalue weighted by Crippen LogP contribution is -2.14. The first-order chi connectivity index (χ1) is 12.3. The first-order valence-electron chi connectivity index (χ1n) is 8.37. The molecule has 0 saturated carbocycles. The number of hydrogen-bond acceptors (Lipinski definition) is 5. The normalized spacial score (nSPS) is 10.9. The number of hydrogen-bond donors (Lipinski definition) is 1. The fourth-order valence-electron chi connectivity index (χ4n) is 2.64. The van der Waals surface area contributed by atoms with E-state index in [9.17, 15) is 4.79 Å². The fourth-order valence-corrected chi connectivity index (χ4v) is 2.64. The summed E-state index contributed by atoms with van der Waals surface area (Å²) >= 11 is 0. The van der Waals surface area contributed by atoms with Crippen LogP contribution in [0.15, 0.2) is 48.8 Å². The standard InChI is InChI=1S/C19H21N3O3/c23-14-17(24)13-22-19-8-7-18(11-15(19)12-21-22)25-10-4-2-6-16-5-1-3-9-20-16/h1,3,5,7-9,11-12,23H,2,4,6,10,13-14H2. The van der Waals surface area contributed by atoms with Gasteiger partial charge in [-0.2, -0.15) is 5.10 Å². The van der Waals surface area contributed by atoms with Gasteiger partial charge in [-0.05, 0) is 49.6 Å². The minimum Gasteiger partial charge on any atom is -0.494 e. The highest BCUT2D eigenvalue weighted by Gasteiger charge is 2.08. The van der Waals surface area contributed by atoms with Crippen LogP contribution in [0.5, 0.6) is 5.75 Å². The summed E-state index contributed by atoms with van der Waals surface area (Å²) in [6.45, 7) is 0.254. The Morgan fingerprint density at radius 2 is 2.12 bits per heavy atom. The molecule has 2 heterocycles. The van der Waals surface area contributed by atoms with Gasteiger partial charge in [0.15, 0.2) is 5.78 Å². The number of ether oxygens (including phenoxy) is 1. The third kappa shape index (κ3) is 4.64. The van der Waals surface area contributed by atoms with E-state index in [1.54, 1.807) is 10.9 Å². The van der Waals surface area contributed by atoms with Crippen molar-refractivity contribution in [2.75, 3.05) is 13.2 Å². The second-order valence-corrected chi connectivity index (χ2v) is 5.85. The van der Waals surface area contributed by atoms with E-state index in [0.717, 1.165) is 41.6 Å². The number of aliphatic hydroxyl groups excluding tert-OH is 1. The van der Waals surface area contributed by atoms with E-state index in [1.807, 2.05) is 42.6 Å². The van der Waals surface area contributed by atoms with E-state index in [-0.39, 0.29) is 12.3 Å². The number of benzene rings is 1. The predicted molar refractivity (Wildman–Crippen MR) is 94.5 cm³/mol. The van der Waals surface area contributed by atoms with Crippen molar-refractivity contribution in [3.05, 3.63) is 54.5 Å². The van der Waals surface area contributed by atoms with Crippen LogP contribution < -0.4 is 4.74 Å². The van der Waals surface area contributed by atoms with Crippen molar-refractivity contribution in [2.45, 2.75) is 25.8 Å². The number of rotatable bonds is 9. The van der Waals surface area contributed by atoms with E-state index >= 15 is 0 Å². The van der Waals surface area contributed by atoms with Gasteiger partial charge in [0.2, 0.25) is 0 Å². The number of Topliss-reactive ketones (excluding diaryl/α,β-unsaturated/α-hetero) is 1. The van der Waals surface area contributed by atoms with Crippen molar-refractivity contribution in [1.29, 1.82) is 0 Å². The average molecular weight is 339 g/mol. The Balaban J connectivity index is 1.50. The van der Waals surface area contributed by atoms with Gasteiger partial charge < -0.3 is 9.84 Å². The van der Waals surface area contributed by atoms with Crippen LogP contribution in [0.25, 0.3) is 10.9 Å². The highest BCUT2D eigenvalue weighted by molar-refractivity contribution is 5.84. The van der Waals surface area contributed by atoms with Gasteiger partial charge in [0.1, 0.15) is 18.9 Å². The van der Waals surface area contributed by atoms with Crippen LogP contribution >= 0.6 is 0 Å². The monoisotopic (exact) mass is 339 g/mol. The number of aliphatic hydroxyl groups is 1. The summed E-state index contributed by atoms with van der Waals surface area (Å²) in [6, 6.07) is 11.6. The molecule has 0 saturated heterocycles. The van der Waals surface area contributed by atoms with E-state index < -0.39 is 6.61 Å². The van der Waals surface area contributed by atoms with Gasteiger partial charge in [-0.1, -0.05) is 6.07 Å². The number of unbranched alkanes of at least 4 members (excludes halogenated alkanes) is 1. The van der Waals surface area contributed by atoms with Gasteiger partial charge in [-0.15, -0.1) is 0 Å². The van der Waals surface area contributed by atoms with Gasteiger partial charge in [0, 0.05) is 17.3 Å². The van der Waals surface area contributed by atoms with Crippen molar-refractivity contribution in [3.8, 4) is 5.75 Å². The number of aromatic nitrogens is 3. The lowest BCUT2D eigenvalue weighted by atomic mass is 10.2. The van der Waals surface area contributed by atoms with Crippen LogP contribution in [0.4, 0.5) is 0 Å². The van der Waals surface area contributed by atoms with E-state index in [2.05, 4.69) is 10.1 Å². The lowest BCUT2D eigenvalue weighted by molar-refractivity contribution is -0.122. The van der Waals surface area contributed by atoms with Crippen molar-refractivity contribution in [1.82, 2.24) is 14.8 Å². The summed E-state index contributed by atoms with van der Waals surface area (Å²) in [5.41, 5.74) is 1.96. The second-order valence-electron chi connectivity index (χ2n) is 5.85. The highest BCUT2D eigenvalue weighted by Crippen LogP contribution is 2.21. The molecule has 1 N–H and O–H groups in total. The highest BCUT2D eigenvalue weighted by atomic mass is 16.5. The molecule has 3 aromatic rings. The number of nitrogens with zero attached hydrogens (tertiary/aromatic N) is 3. The minimum absolute atomic E-state index is 0.0771. The molecule has 0 radical (unpaired) electrons. The number of pyridine rings is 1. The molecule has 0 aliphatic rings. The van der Waals surface area contributed by atoms with E-state index in [0.29, 0.717) is 6.61 Å². The number of carbonyl (C=O) groups is 1. The summed E-state index contributed by atoms with van der Waals surface area (Å²) in [7, 11) is 0. The quantitative estimate of drug-likeness (QED) is 0.606. The van der Waals surface area contributed by atoms with Crippen molar-refractivity contribution < 1.29 is 14.6 Å². The average Bonchev–Trinajstić information content (AvgIpc) is 3.04. The van der Waals surface area contributed by atoms with Gasteiger partial charge in [0.05, 0.1) is 18.3 Å². The van der Waals surface area contributed by atoms with E-state index in [4.69, 9.17) is 9.84 Å². The molecule has 25 heavy (non-hydrogen) atoms. The Kier molecular flexibility index (Phi) is 5.74. The topological polar surface area (TPSA) is 77.2 Å². The first kappa shape index (κ1) is 17.1. The van der Waals surface area contributed by atoms with Crippen LogP contribution in [0, 0.1) is 0 Å². The number of fused-ring (bicyclic) bond motifs is 1. The summed E-state index contributed by atoms with van der Waals surface area (Å²) in [6.07, 6.45) is 6.46. The lowest BCUT2D eigenvalue weighted by Gasteiger charge is -2.07. The zero-order chi connectivity index (χ0) is 17.5. The maximum atomic E-state index is 11.4. The number of carbonyl (C=O) groups excluding carboxylic acids is 1. The van der Waals surface area contributed by atoms with Crippen LogP contribution in [0.2, 0.25) is 0 Å². The Bertz CT molecular complexity index is 830. The second kappa shape index (κ2) is 8.39. The maximum Gasteiger partial charge on any atom is 0.179 e. The third-order valence-electron chi connectivity index (χ3n) is 3.94. The van der Waals surface area contributed by atoms with Crippen molar-refractivity contribution >= 4 is 16.7 Å². The molecule has 6 heteroatoms. The Morgan fingerprint density at radius 1 is 1.20 bits per heavy atom. The Hall–Kier alpha value is -2.73. The molecule has 0 aliphatic heterocycles. The van der Waals surface area contributed by atoms with Gasteiger partial charge in [0.25, 0.3) is 0 Å². The molecular weight excluding hydrogens is 318 g/mol. The molecule has 0 bridgehead atoms. The zero-order valence-corrected chi connectivity index (χ0v) is 14.0. The van der Waals surface area contributed by atoms with Gasteiger partial charge in [-0.3, -0.25) is 14.5 Å². The summed E-state index contributed by atoms with van der Waals surface area (Å²) in [4.78, 5) is 15.7. The summed E-state index contributed by atoms with van der Waals surface area (Å²) in [5.74, 6) is 0.525. The van der Waals surface area contributed by atoms with Crippen LogP contribution in [0.1, 0.15) is 18.5 Å². The van der Waals surface area contributed by atoms with Gasteiger partial charge >= 0.3 is 0 Å². The smallest absolute Gasteiger partial charge is 0.179 e. The zero-order valence-electron chi connectivity index (χ0n) is 14.0. The third-order valence-corrected chi connectivity index (χ3v) is 3.94. The Labute approximate surface area is 146 Å². The fraction of sp³-hybridized carbons (Fsp3) is 0.316. The van der Waals surface area contributed by atoms with Crippen LogP contribution in [0.3, 0.4) is 0 Å². The summed E-state index contributed by atoms with van der Waals surface area (Å²) in [5, 5.41) is 14.0. The van der Waals surface area contributed by atoms with Crippen molar-refractivity contribution in [3.63, 3.8) is 0 Å². The molecule has 1 aromatic carbocycles. The van der Waals surface area contributed by atoms with Crippen molar-refractivity contribution in [2.24, 2.45) is 0 Å². The Morgan fingerprint density at radius 3 is 2.92 bits per heavy atom. The van der Waals surface area contributed by atoms with Gasteiger partial charge in [-0.25, -0.2) is 0 Å². The molecular formula is C19H21N3O3. The van der Waals surface area contributed by atoms with E-state index in [1.165, 1.54) is 0 Å². The molecule has 3 rings (SSSR count). The molecule has 130 valence electrons. The molecule has 0 aliphatic carbocycles. The molecule has 0 fully saturated rings. The molecule has 0 spiro atoms. The molecule has 0 amide bonds.